The second kappa shape index (κ2) is 5.95. The number of aryl methyl sites for hydroxylation is 1. The van der Waals surface area contributed by atoms with Crippen LogP contribution in [0.25, 0.3) is 0 Å². The molecule has 0 unspecified atom stereocenters. The minimum Gasteiger partial charge on any atom is -0.494 e. The Morgan fingerprint density at radius 2 is 1.95 bits per heavy atom. The van der Waals surface area contributed by atoms with Crippen LogP contribution < -0.4 is 4.74 Å². The summed E-state index contributed by atoms with van der Waals surface area (Å²) in [6, 6.07) is 11.8. The van der Waals surface area contributed by atoms with Crippen LogP contribution >= 0.6 is 0 Å². The molecule has 0 fully saturated rings. The van der Waals surface area contributed by atoms with Crippen molar-refractivity contribution in [1.82, 2.24) is 4.57 Å². The van der Waals surface area contributed by atoms with Crippen LogP contribution in [0.3, 0.4) is 0 Å². The summed E-state index contributed by atoms with van der Waals surface area (Å²) in [6.07, 6.45) is 5.69. The van der Waals surface area contributed by atoms with Gasteiger partial charge in [0.2, 0.25) is 0 Å². The molecule has 3 nitrogen and oxygen atoms in total. The highest BCUT2D eigenvalue weighted by Gasteiger charge is 2.19. The van der Waals surface area contributed by atoms with Crippen LogP contribution in [0.15, 0.2) is 42.6 Å². The van der Waals surface area contributed by atoms with Gasteiger partial charge in [-0.05, 0) is 37.5 Å². The van der Waals surface area contributed by atoms with E-state index in [1.165, 1.54) is 5.69 Å². The molecule has 1 aromatic carbocycles. The van der Waals surface area contributed by atoms with Gasteiger partial charge in [0.05, 0.1) is 6.61 Å². The van der Waals surface area contributed by atoms with Crippen LogP contribution in [0.5, 0.6) is 5.75 Å². The molecule has 1 aliphatic rings. The fourth-order valence-corrected chi connectivity index (χ4v) is 2.74. The summed E-state index contributed by atoms with van der Waals surface area (Å²) in [4.78, 5) is 11.8. The number of nitrogens with zero attached hydrogens (tertiary/aromatic N) is 1. The minimum absolute atomic E-state index is 0.297. The second-order valence-electron chi connectivity index (χ2n) is 5.16. The van der Waals surface area contributed by atoms with Crippen LogP contribution in [-0.2, 0) is 13.0 Å². The summed E-state index contributed by atoms with van der Waals surface area (Å²) in [7, 11) is 0. The Kier molecular flexibility index (Phi) is 3.86. The van der Waals surface area contributed by atoms with Crippen molar-refractivity contribution in [3.63, 3.8) is 0 Å². The van der Waals surface area contributed by atoms with E-state index in [0.717, 1.165) is 37.1 Å². The molecular weight excluding hydrogens is 250 g/mol. The molecular formula is C17H19NO2. The highest BCUT2D eigenvalue weighted by Crippen LogP contribution is 2.22. The maximum atomic E-state index is 11.8. The van der Waals surface area contributed by atoms with Crippen LogP contribution in [0.2, 0.25) is 0 Å². The van der Waals surface area contributed by atoms with Gasteiger partial charge in [0.1, 0.15) is 5.75 Å². The van der Waals surface area contributed by atoms with Crippen LogP contribution in [0.4, 0.5) is 0 Å². The van der Waals surface area contributed by atoms with Gasteiger partial charge in [0, 0.05) is 30.4 Å². The van der Waals surface area contributed by atoms with Gasteiger partial charge in [-0.25, -0.2) is 0 Å². The van der Waals surface area contributed by atoms with Crippen LogP contribution in [0, 0.1) is 0 Å². The molecule has 0 radical (unpaired) electrons. The summed E-state index contributed by atoms with van der Waals surface area (Å²) >= 11 is 0. The topological polar surface area (TPSA) is 31.2 Å². The first kappa shape index (κ1) is 13.0. The fraction of sp³-hybridized carbons (Fsp3) is 0.353. The van der Waals surface area contributed by atoms with Crippen molar-refractivity contribution in [2.45, 2.75) is 32.2 Å². The molecule has 0 atom stereocenters. The molecule has 3 heteroatoms. The van der Waals surface area contributed by atoms with E-state index < -0.39 is 0 Å². The zero-order chi connectivity index (χ0) is 13.8. The second-order valence-corrected chi connectivity index (χ2v) is 5.16. The van der Waals surface area contributed by atoms with Gasteiger partial charge in [-0.15, -0.1) is 0 Å². The number of para-hydroxylation sites is 1. The van der Waals surface area contributed by atoms with E-state index in [0.29, 0.717) is 18.8 Å². The number of Topliss-reactive ketones (excluding diaryl/α,β-unsaturated/α-hetero) is 1. The Labute approximate surface area is 119 Å². The smallest absolute Gasteiger partial charge is 0.164 e. The molecule has 1 aromatic heterocycles. The number of fused-ring (bicyclic) bond motifs is 1. The molecule has 0 N–H and O–H groups in total. The van der Waals surface area contributed by atoms with Crippen molar-refractivity contribution < 1.29 is 9.53 Å². The molecule has 0 saturated carbocycles. The van der Waals surface area contributed by atoms with Gasteiger partial charge in [-0.2, -0.15) is 0 Å². The molecule has 0 saturated heterocycles. The molecule has 0 bridgehead atoms. The quantitative estimate of drug-likeness (QED) is 0.778. The SMILES string of the molecule is O=C1CCCc2c1ccn2CCCOc1ccccc1. The number of hydrogen-bond acceptors (Lipinski definition) is 2. The standard InChI is InChI=1S/C17H19NO2/c19-17-9-4-8-16-15(17)10-12-18(16)11-5-13-20-14-6-2-1-3-7-14/h1-3,6-7,10,12H,4-5,8-9,11,13H2. The maximum Gasteiger partial charge on any atom is 0.164 e. The average Bonchev–Trinajstić information content (AvgIpc) is 2.90. The lowest BCUT2D eigenvalue weighted by molar-refractivity contribution is 0.0971. The third-order valence-electron chi connectivity index (χ3n) is 3.75. The predicted octanol–water partition coefficient (Wildman–Crippen LogP) is 3.48. The van der Waals surface area contributed by atoms with Gasteiger partial charge in [0.25, 0.3) is 0 Å². The monoisotopic (exact) mass is 269 g/mol. The van der Waals surface area contributed by atoms with Gasteiger partial charge in [-0.3, -0.25) is 4.79 Å². The largest absolute Gasteiger partial charge is 0.494 e. The van der Waals surface area contributed by atoms with E-state index in [1.54, 1.807) is 0 Å². The van der Waals surface area contributed by atoms with Crippen molar-refractivity contribution in [1.29, 1.82) is 0 Å². The molecule has 0 amide bonds. The van der Waals surface area contributed by atoms with Crippen molar-refractivity contribution in [2.75, 3.05) is 6.61 Å². The summed E-state index contributed by atoms with van der Waals surface area (Å²) in [6.45, 7) is 1.61. The highest BCUT2D eigenvalue weighted by atomic mass is 16.5. The number of carbonyl (C=O) groups excluding carboxylic acids is 1. The van der Waals surface area contributed by atoms with E-state index >= 15 is 0 Å². The Morgan fingerprint density at radius 1 is 1.10 bits per heavy atom. The summed E-state index contributed by atoms with van der Waals surface area (Å²) in [5, 5.41) is 0. The van der Waals surface area contributed by atoms with E-state index in [2.05, 4.69) is 4.57 Å². The summed E-state index contributed by atoms with van der Waals surface area (Å²) < 4.78 is 7.90. The molecule has 1 heterocycles. The third kappa shape index (κ3) is 2.77. The predicted molar refractivity (Wildman–Crippen MR) is 78.3 cm³/mol. The summed E-state index contributed by atoms with van der Waals surface area (Å²) in [5.41, 5.74) is 2.14. The van der Waals surface area contributed by atoms with E-state index in [9.17, 15) is 4.79 Å². The fourth-order valence-electron chi connectivity index (χ4n) is 2.74. The lowest BCUT2D eigenvalue weighted by Gasteiger charge is -2.15. The zero-order valence-corrected chi connectivity index (χ0v) is 11.5. The van der Waals surface area contributed by atoms with E-state index in [-0.39, 0.29) is 0 Å². The van der Waals surface area contributed by atoms with Gasteiger partial charge in [0.15, 0.2) is 5.78 Å². The molecule has 1 aliphatic carbocycles. The number of benzene rings is 1. The van der Waals surface area contributed by atoms with Gasteiger partial charge < -0.3 is 9.30 Å². The zero-order valence-electron chi connectivity index (χ0n) is 11.5. The Morgan fingerprint density at radius 3 is 2.80 bits per heavy atom. The van der Waals surface area contributed by atoms with Gasteiger partial charge in [-0.1, -0.05) is 18.2 Å². The minimum atomic E-state index is 0.297. The average molecular weight is 269 g/mol. The maximum absolute atomic E-state index is 11.8. The molecule has 0 aliphatic heterocycles. The van der Waals surface area contributed by atoms with E-state index in [1.807, 2.05) is 42.6 Å². The van der Waals surface area contributed by atoms with Crippen molar-refractivity contribution >= 4 is 5.78 Å². The van der Waals surface area contributed by atoms with E-state index in [4.69, 9.17) is 4.74 Å². The normalized spacial score (nSPS) is 14.1. The number of rotatable bonds is 5. The molecule has 2 aromatic rings. The first-order chi connectivity index (χ1) is 9.84. The lowest BCUT2D eigenvalue weighted by atomic mass is 9.97. The van der Waals surface area contributed by atoms with Crippen molar-refractivity contribution in [3.8, 4) is 5.75 Å². The lowest BCUT2D eigenvalue weighted by Crippen LogP contribution is -2.14. The highest BCUT2D eigenvalue weighted by molar-refractivity contribution is 5.98. The number of carbonyl (C=O) groups is 1. The number of hydrogen-bond donors (Lipinski definition) is 0. The number of ketones is 1. The Balaban J connectivity index is 1.53. The molecule has 3 rings (SSSR count). The number of ether oxygens (including phenoxy) is 1. The molecule has 0 spiro atoms. The van der Waals surface area contributed by atoms with Crippen LogP contribution in [-0.4, -0.2) is 17.0 Å². The Bertz CT molecular complexity index is 586. The van der Waals surface area contributed by atoms with Crippen LogP contribution in [0.1, 0.15) is 35.3 Å². The number of aromatic nitrogens is 1. The first-order valence-corrected chi connectivity index (χ1v) is 7.23. The van der Waals surface area contributed by atoms with Crippen molar-refractivity contribution in [2.24, 2.45) is 0 Å². The summed E-state index contributed by atoms with van der Waals surface area (Å²) in [5.74, 6) is 1.21. The third-order valence-corrected chi connectivity index (χ3v) is 3.75. The first-order valence-electron chi connectivity index (χ1n) is 7.23. The van der Waals surface area contributed by atoms with Crippen molar-refractivity contribution in [3.05, 3.63) is 53.9 Å². The van der Waals surface area contributed by atoms with Gasteiger partial charge >= 0.3 is 0 Å². The Hall–Kier alpha value is -2.03. The molecule has 104 valence electrons. The molecule has 20 heavy (non-hydrogen) atoms.